The van der Waals surface area contributed by atoms with E-state index in [4.69, 9.17) is 14.7 Å². The normalized spacial score (nSPS) is 16.8. The molecular weight excluding hydrogens is 242 g/mol. The first-order valence-corrected chi connectivity index (χ1v) is 6.21. The largest absolute Gasteiger partial charge is 0.489 e. The lowest BCUT2D eigenvalue weighted by Crippen LogP contribution is -2.29. The molecule has 1 heterocycles. The van der Waals surface area contributed by atoms with E-state index in [1.165, 1.54) is 0 Å². The van der Waals surface area contributed by atoms with Crippen molar-refractivity contribution in [2.75, 3.05) is 0 Å². The lowest BCUT2D eigenvalue weighted by Gasteiger charge is -2.09. The molecule has 4 nitrogen and oxygen atoms in total. The van der Waals surface area contributed by atoms with Crippen LogP contribution < -0.4 is 15.0 Å². The van der Waals surface area contributed by atoms with Gasteiger partial charge in [0.05, 0.1) is 0 Å². The molecule has 98 valence electrons. The number of nitrogens with one attached hydrogen (secondary N) is 1. The summed E-state index contributed by atoms with van der Waals surface area (Å²) in [5.74, 6) is 1.53. The summed E-state index contributed by atoms with van der Waals surface area (Å²) < 4.78 is 11.2. The van der Waals surface area contributed by atoms with Crippen LogP contribution in [-0.2, 0) is 13.0 Å². The molecule has 2 N–H and O–H groups in total. The third-order valence-corrected chi connectivity index (χ3v) is 3.11. The van der Waals surface area contributed by atoms with E-state index in [0.717, 1.165) is 22.6 Å². The summed E-state index contributed by atoms with van der Waals surface area (Å²) in [5.41, 5.74) is 4.32. The Kier molecular flexibility index (Phi) is 3.35. The van der Waals surface area contributed by atoms with Crippen molar-refractivity contribution in [3.05, 3.63) is 59.7 Å². The molecule has 0 bridgehead atoms. The summed E-state index contributed by atoms with van der Waals surface area (Å²) in [6.45, 7) is 0.529. The zero-order valence-electron chi connectivity index (χ0n) is 10.4. The third kappa shape index (κ3) is 2.70. The predicted octanol–water partition coefficient (Wildman–Crippen LogP) is 2.51. The molecule has 0 spiro atoms. The van der Waals surface area contributed by atoms with Crippen molar-refractivity contribution in [3.63, 3.8) is 0 Å². The number of rotatable bonds is 4. The average Bonchev–Trinajstić information content (AvgIpc) is 2.88. The number of hydrogen-bond acceptors (Lipinski definition) is 4. The Balaban J connectivity index is 1.67. The second-order valence-corrected chi connectivity index (χ2v) is 4.48. The van der Waals surface area contributed by atoms with Gasteiger partial charge in [0.25, 0.3) is 0 Å². The van der Waals surface area contributed by atoms with Crippen molar-refractivity contribution >= 4 is 0 Å². The molecule has 2 aromatic carbocycles. The summed E-state index contributed by atoms with van der Waals surface area (Å²) in [4.78, 5) is 0. The van der Waals surface area contributed by atoms with Gasteiger partial charge in [-0.05, 0) is 17.2 Å². The SMILES string of the molecule is ONC1Cc2ccc(OCc3ccccc3)cc2O1. The smallest absolute Gasteiger partial charge is 0.175 e. The minimum atomic E-state index is -0.362. The molecule has 2 aromatic rings. The summed E-state index contributed by atoms with van der Waals surface area (Å²) in [5, 5.41) is 8.85. The van der Waals surface area contributed by atoms with Crippen LogP contribution in [0.1, 0.15) is 11.1 Å². The lowest BCUT2D eigenvalue weighted by atomic mass is 10.1. The first-order valence-electron chi connectivity index (χ1n) is 6.21. The summed E-state index contributed by atoms with van der Waals surface area (Å²) >= 11 is 0. The Morgan fingerprint density at radius 1 is 1.21 bits per heavy atom. The van der Waals surface area contributed by atoms with Gasteiger partial charge >= 0.3 is 0 Å². The molecule has 1 aliphatic rings. The van der Waals surface area contributed by atoms with Gasteiger partial charge in [-0.3, -0.25) is 0 Å². The second-order valence-electron chi connectivity index (χ2n) is 4.48. The van der Waals surface area contributed by atoms with E-state index in [1.54, 1.807) is 0 Å². The topological polar surface area (TPSA) is 50.7 Å². The van der Waals surface area contributed by atoms with Crippen LogP contribution >= 0.6 is 0 Å². The van der Waals surface area contributed by atoms with Crippen LogP contribution in [0.5, 0.6) is 11.5 Å². The van der Waals surface area contributed by atoms with E-state index >= 15 is 0 Å². The third-order valence-electron chi connectivity index (χ3n) is 3.11. The van der Waals surface area contributed by atoms with E-state index in [1.807, 2.05) is 48.5 Å². The minimum absolute atomic E-state index is 0.362. The quantitative estimate of drug-likeness (QED) is 0.826. The van der Waals surface area contributed by atoms with Gasteiger partial charge in [0, 0.05) is 12.5 Å². The fraction of sp³-hybridized carbons (Fsp3) is 0.200. The van der Waals surface area contributed by atoms with Gasteiger partial charge in [-0.2, -0.15) is 5.48 Å². The average molecular weight is 257 g/mol. The molecule has 4 heteroatoms. The monoisotopic (exact) mass is 257 g/mol. The first-order chi connectivity index (χ1) is 9.35. The van der Waals surface area contributed by atoms with Gasteiger partial charge in [-0.25, -0.2) is 0 Å². The number of benzene rings is 2. The molecule has 0 aliphatic carbocycles. The van der Waals surface area contributed by atoms with Gasteiger partial charge in [0.15, 0.2) is 6.23 Å². The second kappa shape index (κ2) is 5.30. The van der Waals surface area contributed by atoms with Crippen LogP contribution in [0, 0.1) is 0 Å². The molecule has 0 radical (unpaired) electrons. The molecule has 0 aromatic heterocycles. The Labute approximate surface area is 111 Å². The molecular formula is C15H15NO3. The molecule has 0 saturated heterocycles. The van der Waals surface area contributed by atoms with Gasteiger partial charge < -0.3 is 14.7 Å². The lowest BCUT2D eigenvalue weighted by molar-refractivity contribution is 0.0323. The van der Waals surface area contributed by atoms with E-state index in [-0.39, 0.29) is 6.23 Å². The summed E-state index contributed by atoms with van der Waals surface area (Å²) in [6.07, 6.45) is 0.296. The molecule has 0 saturated carbocycles. The van der Waals surface area contributed by atoms with Crippen LogP contribution in [0.2, 0.25) is 0 Å². The highest BCUT2D eigenvalue weighted by Gasteiger charge is 2.22. The maximum Gasteiger partial charge on any atom is 0.175 e. The number of hydroxylamine groups is 1. The Bertz CT molecular complexity index is 557. The molecule has 1 aliphatic heterocycles. The fourth-order valence-electron chi connectivity index (χ4n) is 2.11. The zero-order chi connectivity index (χ0) is 13.1. The first kappa shape index (κ1) is 12.0. The summed E-state index contributed by atoms with van der Waals surface area (Å²) in [7, 11) is 0. The molecule has 19 heavy (non-hydrogen) atoms. The number of ether oxygens (including phenoxy) is 2. The van der Waals surface area contributed by atoms with Gasteiger partial charge in [0.2, 0.25) is 0 Å². The molecule has 0 fully saturated rings. The van der Waals surface area contributed by atoms with E-state index in [9.17, 15) is 0 Å². The predicted molar refractivity (Wildman–Crippen MR) is 70.3 cm³/mol. The van der Waals surface area contributed by atoms with Crippen molar-refractivity contribution < 1.29 is 14.7 Å². The standard InChI is InChI=1S/C15H15NO3/c17-16-15-8-12-6-7-13(9-14(12)19-15)18-10-11-4-2-1-3-5-11/h1-7,9,15-17H,8,10H2. The maximum atomic E-state index is 8.85. The summed E-state index contributed by atoms with van der Waals surface area (Å²) in [6, 6.07) is 15.7. The molecule has 0 amide bonds. The minimum Gasteiger partial charge on any atom is -0.489 e. The zero-order valence-corrected chi connectivity index (χ0v) is 10.4. The van der Waals surface area contributed by atoms with Crippen LogP contribution in [0.4, 0.5) is 0 Å². The Hall–Kier alpha value is -2.04. The Morgan fingerprint density at radius 2 is 2.05 bits per heavy atom. The van der Waals surface area contributed by atoms with E-state index in [2.05, 4.69) is 5.48 Å². The highest BCUT2D eigenvalue weighted by molar-refractivity contribution is 5.43. The number of fused-ring (bicyclic) bond motifs is 1. The van der Waals surface area contributed by atoms with Gasteiger partial charge in [0.1, 0.15) is 18.1 Å². The van der Waals surface area contributed by atoms with Crippen LogP contribution in [0.3, 0.4) is 0 Å². The molecule has 1 atom stereocenters. The van der Waals surface area contributed by atoms with Gasteiger partial charge in [-0.15, -0.1) is 0 Å². The van der Waals surface area contributed by atoms with Crippen molar-refractivity contribution in [2.45, 2.75) is 19.3 Å². The highest BCUT2D eigenvalue weighted by Crippen LogP contribution is 2.31. The maximum absolute atomic E-state index is 8.85. The van der Waals surface area contributed by atoms with Crippen LogP contribution in [0.15, 0.2) is 48.5 Å². The molecule has 3 rings (SSSR count). The van der Waals surface area contributed by atoms with Gasteiger partial charge in [-0.1, -0.05) is 36.4 Å². The number of hydrogen-bond donors (Lipinski definition) is 2. The van der Waals surface area contributed by atoms with Crippen molar-refractivity contribution in [3.8, 4) is 11.5 Å². The van der Waals surface area contributed by atoms with Crippen molar-refractivity contribution in [1.82, 2.24) is 5.48 Å². The van der Waals surface area contributed by atoms with Crippen LogP contribution in [-0.4, -0.2) is 11.4 Å². The highest BCUT2D eigenvalue weighted by atomic mass is 16.6. The van der Waals surface area contributed by atoms with Crippen molar-refractivity contribution in [1.29, 1.82) is 0 Å². The van der Waals surface area contributed by atoms with Crippen LogP contribution in [0.25, 0.3) is 0 Å². The van der Waals surface area contributed by atoms with Crippen molar-refractivity contribution in [2.24, 2.45) is 0 Å². The Morgan fingerprint density at radius 3 is 2.84 bits per heavy atom. The van der Waals surface area contributed by atoms with E-state index in [0.29, 0.717) is 13.0 Å². The molecule has 1 unspecified atom stereocenters. The van der Waals surface area contributed by atoms with E-state index < -0.39 is 0 Å². The fourth-order valence-corrected chi connectivity index (χ4v) is 2.11.